The number of piperidine rings is 3. The summed E-state index contributed by atoms with van der Waals surface area (Å²) in [5, 5.41) is 13.4. The second-order valence-electron chi connectivity index (χ2n) is 13.5. The first kappa shape index (κ1) is 32.7. The lowest BCUT2D eigenvalue weighted by Gasteiger charge is -2.41. The van der Waals surface area contributed by atoms with Crippen LogP contribution in [0.5, 0.6) is 5.75 Å². The van der Waals surface area contributed by atoms with E-state index in [0.29, 0.717) is 76.0 Å². The highest BCUT2D eigenvalue weighted by molar-refractivity contribution is 5.91. The summed E-state index contributed by atoms with van der Waals surface area (Å²) in [6.45, 7) is 6.88. The summed E-state index contributed by atoms with van der Waals surface area (Å²) in [7, 11) is 0. The van der Waals surface area contributed by atoms with E-state index in [0.717, 1.165) is 42.6 Å². The van der Waals surface area contributed by atoms with Crippen LogP contribution in [0.15, 0.2) is 36.4 Å². The van der Waals surface area contributed by atoms with Crippen molar-refractivity contribution in [2.75, 3.05) is 44.6 Å². The SMILES string of the molecule is Cc1cc(C[C@@H](OC(=O)N2CCC(N3CCc4ccccc4NC3=O)CC2)C(=O)N2CCC(N3CCCCC3=O)CC2)cc(C)c1O. The van der Waals surface area contributed by atoms with E-state index in [1.807, 2.05) is 60.0 Å². The number of amides is 5. The number of phenols is 1. The van der Waals surface area contributed by atoms with E-state index in [-0.39, 0.29) is 42.1 Å². The number of hydrogen-bond acceptors (Lipinski definition) is 6. The fraction of sp³-hybridized carbons (Fsp3) is 0.556. The third kappa shape index (κ3) is 7.34. The van der Waals surface area contributed by atoms with Crippen LogP contribution in [-0.2, 0) is 27.2 Å². The zero-order valence-electron chi connectivity index (χ0n) is 27.6. The minimum atomic E-state index is -1.02. The lowest BCUT2D eigenvalue weighted by atomic mass is 9.97. The molecule has 3 fully saturated rings. The molecule has 4 heterocycles. The van der Waals surface area contributed by atoms with Crippen molar-refractivity contribution < 1.29 is 29.0 Å². The molecule has 11 nitrogen and oxygen atoms in total. The molecule has 2 aromatic carbocycles. The summed E-state index contributed by atoms with van der Waals surface area (Å²) < 4.78 is 6.02. The minimum absolute atomic E-state index is 0.00168. The number of carbonyl (C=O) groups excluding carboxylic acids is 4. The van der Waals surface area contributed by atoms with Gasteiger partial charge in [-0.15, -0.1) is 0 Å². The fourth-order valence-corrected chi connectivity index (χ4v) is 7.67. The van der Waals surface area contributed by atoms with Crippen molar-refractivity contribution in [3.8, 4) is 5.75 Å². The number of hydrogen-bond donors (Lipinski definition) is 2. The first-order valence-corrected chi connectivity index (χ1v) is 17.2. The molecule has 0 spiro atoms. The molecule has 3 saturated heterocycles. The van der Waals surface area contributed by atoms with Crippen LogP contribution in [0.4, 0.5) is 15.3 Å². The third-order valence-corrected chi connectivity index (χ3v) is 10.4. The van der Waals surface area contributed by atoms with Gasteiger partial charge in [-0.3, -0.25) is 9.59 Å². The Labute approximate surface area is 276 Å². The Morgan fingerprint density at radius 2 is 1.49 bits per heavy atom. The van der Waals surface area contributed by atoms with Gasteiger partial charge in [0.05, 0.1) is 0 Å². The van der Waals surface area contributed by atoms with Gasteiger partial charge in [-0.05, 0) is 87.1 Å². The lowest BCUT2D eigenvalue weighted by Crippen LogP contribution is -2.53. The molecule has 0 unspecified atom stereocenters. The number of phenolic OH excluding ortho intramolecular Hbond substituents is 1. The summed E-state index contributed by atoms with van der Waals surface area (Å²) in [5.41, 5.74) is 4.17. The average Bonchev–Trinajstić information content (AvgIpc) is 3.25. The van der Waals surface area contributed by atoms with Gasteiger partial charge in [-0.2, -0.15) is 0 Å². The molecule has 0 radical (unpaired) electrons. The molecule has 2 aromatic rings. The highest BCUT2D eigenvalue weighted by atomic mass is 16.6. The van der Waals surface area contributed by atoms with E-state index in [4.69, 9.17) is 4.74 Å². The van der Waals surface area contributed by atoms with Crippen molar-refractivity contribution in [3.05, 3.63) is 58.7 Å². The average molecular weight is 646 g/mol. The second kappa shape index (κ2) is 14.2. The van der Waals surface area contributed by atoms with Crippen LogP contribution in [-0.4, -0.2) is 106 Å². The van der Waals surface area contributed by atoms with Crippen molar-refractivity contribution >= 4 is 29.6 Å². The molecule has 5 amide bonds. The number of nitrogens with one attached hydrogen (secondary N) is 1. The predicted octanol–water partition coefficient (Wildman–Crippen LogP) is 4.61. The molecule has 1 atom stereocenters. The summed E-state index contributed by atoms with van der Waals surface area (Å²) in [6.07, 6.45) is 4.62. The van der Waals surface area contributed by atoms with Gasteiger partial charge in [0.1, 0.15) is 5.75 Å². The number of aromatic hydroxyl groups is 1. The van der Waals surface area contributed by atoms with Crippen molar-refractivity contribution in [1.29, 1.82) is 0 Å². The Kier molecular flexibility index (Phi) is 9.89. The summed E-state index contributed by atoms with van der Waals surface area (Å²) in [6, 6.07) is 11.5. The van der Waals surface area contributed by atoms with Crippen molar-refractivity contribution in [3.63, 3.8) is 0 Å². The Bertz CT molecular complexity index is 1470. The third-order valence-electron chi connectivity index (χ3n) is 10.4. The number of rotatable bonds is 6. The number of nitrogens with zero attached hydrogens (tertiary/aromatic N) is 4. The van der Waals surface area contributed by atoms with E-state index in [1.54, 1.807) is 9.80 Å². The fourth-order valence-electron chi connectivity index (χ4n) is 7.67. The molecular formula is C36H47N5O6. The number of urea groups is 1. The predicted molar refractivity (Wildman–Crippen MR) is 177 cm³/mol. The number of aryl methyl sites for hydroxylation is 2. The van der Waals surface area contributed by atoms with Crippen molar-refractivity contribution in [2.24, 2.45) is 0 Å². The van der Waals surface area contributed by atoms with Gasteiger partial charge < -0.3 is 34.8 Å². The molecule has 6 rings (SSSR count). The van der Waals surface area contributed by atoms with Gasteiger partial charge in [0, 0.05) is 69.9 Å². The van der Waals surface area contributed by atoms with Crippen LogP contribution >= 0.6 is 0 Å². The highest BCUT2D eigenvalue weighted by Crippen LogP contribution is 2.28. The number of ether oxygens (including phenoxy) is 1. The van der Waals surface area contributed by atoms with E-state index in [1.165, 1.54) is 0 Å². The topological polar surface area (TPSA) is 123 Å². The Morgan fingerprint density at radius 1 is 0.851 bits per heavy atom. The zero-order valence-corrected chi connectivity index (χ0v) is 27.6. The molecule has 0 aromatic heterocycles. The smallest absolute Gasteiger partial charge is 0.410 e. The standard InChI is InChI=1S/C36H47N5O6/c1-24-21-26(22-25(2)33(24)43)23-31(34(44)38-16-11-28(12-17-38)40-15-6-5-9-32(40)42)47-36(46)39-18-13-29(14-19-39)41-20-10-27-7-3-4-8-30(27)37-35(41)45/h3-4,7-8,21-22,28-29,31,43H,5-6,9-20,23H2,1-2H3,(H,37,45)/t31-/m1/s1. The first-order valence-electron chi connectivity index (χ1n) is 17.2. The molecule has 4 aliphatic heterocycles. The first-order chi connectivity index (χ1) is 22.7. The number of anilines is 1. The van der Waals surface area contributed by atoms with Gasteiger partial charge in [-0.1, -0.05) is 30.3 Å². The van der Waals surface area contributed by atoms with Crippen molar-refractivity contribution in [2.45, 2.75) is 89.8 Å². The number of benzene rings is 2. The molecule has 47 heavy (non-hydrogen) atoms. The molecular weight excluding hydrogens is 598 g/mol. The molecule has 0 saturated carbocycles. The zero-order chi connectivity index (χ0) is 33.1. The summed E-state index contributed by atoms with van der Waals surface area (Å²) in [4.78, 5) is 60.4. The van der Waals surface area contributed by atoms with Crippen LogP contribution in [0.25, 0.3) is 0 Å². The van der Waals surface area contributed by atoms with Crippen LogP contribution in [0.3, 0.4) is 0 Å². The Balaban J connectivity index is 1.09. The largest absolute Gasteiger partial charge is 0.507 e. The molecule has 252 valence electrons. The van der Waals surface area contributed by atoms with E-state index in [2.05, 4.69) is 5.32 Å². The normalized spacial score (nSPS) is 20.4. The number of carbonyl (C=O) groups is 4. The van der Waals surface area contributed by atoms with Crippen LogP contribution in [0.1, 0.15) is 67.2 Å². The number of para-hydroxylation sites is 1. The van der Waals surface area contributed by atoms with Crippen LogP contribution < -0.4 is 5.32 Å². The highest BCUT2D eigenvalue weighted by Gasteiger charge is 2.37. The number of fused-ring (bicyclic) bond motifs is 1. The minimum Gasteiger partial charge on any atom is -0.507 e. The van der Waals surface area contributed by atoms with Gasteiger partial charge in [0.15, 0.2) is 6.10 Å². The van der Waals surface area contributed by atoms with Gasteiger partial charge >= 0.3 is 12.1 Å². The lowest BCUT2D eigenvalue weighted by molar-refractivity contribution is -0.144. The monoisotopic (exact) mass is 645 g/mol. The van der Waals surface area contributed by atoms with Gasteiger partial charge in [0.2, 0.25) is 5.91 Å². The van der Waals surface area contributed by atoms with E-state index < -0.39 is 12.2 Å². The molecule has 0 aliphatic carbocycles. The maximum atomic E-state index is 14.0. The molecule has 0 bridgehead atoms. The summed E-state index contributed by atoms with van der Waals surface area (Å²) in [5.74, 6) is 0.185. The van der Waals surface area contributed by atoms with E-state index >= 15 is 0 Å². The molecule has 2 N–H and O–H groups in total. The maximum absolute atomic E-state index is 14.0. The summed E-state index contributed by atoms with van der Waals surface area (Å²) >= 11 is 0. The van der Waals surface area contributed by atoms with Crippen LogP contribution in [0, 0.1) is 13.8 Å². The molecule has 4 aliphatic rings. The van der Waals surface area contributed by atoms with Gasteiger partial charge in [0.25, 0.3) is 5.91 Å². The van der Waals surface area contributed by atoms with Crippen molar-refractivity contribution in [1.82, 2.24) is 19.6 Å². The Morgan fingerprint density at radius 3 is 2.17 bits per heavy atom. The van der Waals surface area contributed by atoms with E-state index in [9.17, 15) is 24.3 Å². The van der Waals surface area contributed by atoms with Crippen LogP contribution in [0.2, 0.25) is 0 Å². The van der Waals surface area contributed by atoms with Gasteiger partial charge in [-0.25, -0.2) is 9.59 Å². The quantitative estimate of drug-likeness (QED) is 0.473. The second-order valence-corrected chi connectivity index (χ2v) is 13.5. The number of likely N-dealkylation sites (tertiary alicyclic amines) is 3. The Hall–Kier alpha value is -4.28. The maximum Gasteiger partial charge on any atom is 0.410 e. The molecule has 11 heteroatoms.